The molecule has 2 rings (SSSR count). The van der Waals surface area contributed by atoms with Crippen molar-refractivity contribution in [2.24, 2.45) is 11.7 Å². The molecule has 1 aromatic rings. The van der Waals surface area contributed by atoms with Crippen molar-refractivity contribution in [2.45, 2.75) is 19.4 Å². The Labute approximate surface area is 125 Å². The molecule has 1 fully saturated rings. The summed E-state index contributed by atoms with van der Waals surface area (Å²) in [5.41, 5.74) is 6.56. The molecule has 0 saturated carbocycles. The van der Waals surface area contributed by atoms with Crippen LogP contribution < -0.4 is 10.6 Å². The lowest BCUT2D eigenvalue weighted by atomic mass is 10.0. The molecule has 3 nitrogen and oxygen atoms in total. The van der Waals surface area contributed by atoms with Crippen LogP contribution in [0.25, 0.3) is 0 Å². The molecule has 19 heavy (non-hydrogen) atoms. The summed E-state index contributed by atoms with van der Waals surface area (Å²) < 4.78 is 14.6. The summed E-state index contributed by atoms with van der Waals surface area (Å²) in [4.78, 5) is 2.11. The lowest BCUT2D eigenvalue weighted by Crippen LogP contribution is -2.25. The van der Waals surface area contributed by atoms with Crippen LogP contribution in [-0.4, -0.2) is 29.3 Å². The van der Waals surface area contributed by atoms with Crippen molar-refractivity contribution >= 4 is 38.8 Å². The average molecular weight is 347 g/mol. The third-order valence-electron chi connectivity index (χ3n) is 3.57. The summed E-state index contributed by atoms with van der Waals surface area (Å²) >= 11 is 8.08. The molecule has 104 valence electrons. The van der Waals surface area contributed by atoms with Gasteiger partial charge in [-0.3, -0.25) is 0 Å². The van der Waals surface area contributed by atoms with Gasteiger partial charge < -0.3 is 15.7 Å². The molecule has 6 heteroatoms. The van der Waals surface area contributed by atoms with Gasteiger partial charge in [-0.1, -0.05) is 12.2 Å². The maximum atomic E-state index is 14.3. The first kappa shape index (κ1) is 14.7. The second kappa shape index (κ2) is 5.73. The summed E-state index contributed by atoms with van der Waals surface area (Å²) in [6, 6.07) is 3.42. The van der Waals surface area contributed by atoms with E-state index in [2.05, 4.69) is 15.9 Å². The number of aliphatic hydroxyl groups is 1. The summed E-state index contributed by atoms with van der Waals surface area (Å²) in [6.45, 7) is 3.18. The number of thiocarbonyl (C=S) groups is 1. The first-order valence-corrected chi connectivity index (χ1v) is 7.32. The predicted molar refractivity (Wildman–Crippen MR) is 82.0 cm³/mol. The molecule has 1 aliphatic rings. The van der Waals surface area contributed by atoms with Gasteiger partial charge in [0.15, 0.2) is 5.82 Å². The molecule has 2 unspecified atom stereocenters. The van der Waals surface area contributed by atoms with E-state index >= 15 is 0 Å². The Hall–Kier alpha value is -0.720. The van der Waals surface area contributed by atoms with E-state index in [9.17, 15) is 9.50 Å². The molecule has 0 amide bonds. The molecule has 0 bridgehead atoms. The third-order valence-corrected chi connectivity index (χ3v) is 4.57. The fraction of sp³-hybridized carbons (Fsp3) is 0.462. The van der Waals surface area contributed by atoms with Crippen LogP contribution in [0.2, 0.25) is 0 Å². The second-order valence-corrected chi connectivity index (χ2v) is 6.09. The quantitative estimate of drug-likeness (QED) is 0.825. The van der Waals surface area contributed by atoms with Gasteiger partial charge in [-0.25, -0.2) is 4.39 Å². The molecule has 1 aliphatic heterocycles. The third kappa shape index (κ3) is 2.90. The summed E-state index contributed by atoms with van der Waals surface area (Å²) in [5.74, 6) is -0.162. The number of benzene rings is 1. The average Bonchev–Trinajstić information content (AvgIpc) is 2.81. The minimum Gasteiger partial charge on any atom is -0.393 e. The molecule has 3 N–H and O–H groups in total. The minimum absolute atomic E-state index is 0.167. The van der Waals surface area contributed by atoms with Gasteiger partial charge in [0, 0.05) is 24.6 Å². The van der Waals surface area contributed by atoms with Crippen molar-refractivity contribution in [3.05, 3.63) is 28.0 Å². The van der Waals surface area contributed by atoms with Crippen LogP contribution in [0.5, 0.6) is 0 Å². The fourth-order valence-electron chi connectivity index (χ4n) is 2.37. The van der Waals surface area contributed by atoms with E-state index in [1.807, 2.05) is 4.90 Å². The highest BCUT2D eigenvalue weighted by Gasteiger charge is 2.28. The van der Waals surface area contributed by atoms with E-state index in [1.165, 1.54) is 0 Å². The summed E-state index contributed by atoms with van der Waals surface area (Å²) in [7, 11) is 0. The van der Waals surface area contributed by atoms with Crippen molar-refractivity contribution in [2.75, 3.05) is 18.0 Å². The maximum absolute atomic E-state index is 14.3. The van der Waals surface area contributed by atoms with Crippen LogP contribution in [-0.2, 0) is 0 Å². The molecule has 1 aromatic carbocycles. The Kier molecular flexibility index (Phi) is 4.43. The van der Waals surface area contributed by atoms with Gasteiger partial charge in [0.25, 0.3) is 0 Å². The van der Waals surface area contributed by atoms with Crippen LogP contribution in [0.3, 0.4) is 0 Å². The van der Waals surface area contributed by atoms with Crippen molar-refractivity contribution in [3.8, 4) is 0 Å². The number of aliphatic hydroxyl groups excluding tert-OH is 1. The lowest BCUT2D eigenvalue weighted by molar-refractivity contribution is 0.136. The minimum atomic E-state index is -0.368. The van der Waals surface area contributed by atoms with Gasteiger partial charge in [-0.05, 0) is 41.4 Å². The highest BCUT2D eigenvalue weighted by molar-refractivity contribution is 9.10. The molecular formula is C13H16BrFN2OS. The zero-order valence-corrected chi connectivity index (χ0v) is 13.0. The van der Waals surface area contributed by atoms with Gasteiger partial charge >= 0.3 is 0 Å². The zero-order chi connectivity index (χ0) is 14.2. The van der Waals surface area contributed by atoms with E-state index in [0.717, 1.165) is 13.0 Å². The van der Waals surface area contributed by atoms with Crippen LogP contribution in [0.1, 0.15) is 18.9 Å². The Morgan fingerprint density at radius 3 is 2.84 bits per heavy atom. The summed E-state index contributed by atoms with van der Waals surface area (Å²) in [5, 5.41) is 9.59. The number of halogens is 2. The second-order valence-electron chi connectivity index (χ2n) is 4.86. The molecule has 0 spiro atoms. The van der Waals surface area contributed by atoms with Gasteiger partial charge in [0.2, 0.25) is 0 Å². The SMILES string of the molecule is CC(O)C1CCN(c2ccc(C(N)=S)c(Br)c2F)C1. The Balaban J connectivity index is 2.28. The molecule has 1 heterocycles. The van der Waals surface area contributed by atoms with Crippen LogP contribution >= 0.6 is 28.1 Å². The molecule has 1 saturated heterocycles. The van der Waals surface area contributed by atoms with E-state index < -0.39 is 0 Å². The van der Waals surface area contributed by atoms with Crippen LogP contribution in [0.4, 0.5) is 10.1 Å². The molecule has 0 aliphatic carbocycles. The Morgan fingerprint density at radius 1 is 1.63 bits per heavy atom. The van der Waals surface area contributed by atoms with Gasteiger partial charge in [-0.15, -0.1) is 0 Å². The largest absolute Gasteiger partial charge is 0.393 e. The first-order chi connectivity index (χ1) is 8.91. The fourth-order valence-corrected chi connectivity index (χ4v) is 3.22. The normalized spacial score (nSPS) is 20.6. The monoisotopic (exact) mass is 346 g/mol. The smallest absolute Gasteiger partial charge is 0.161 e. The topological polar surface area (TPSA) is 49.5 Å². The standard InChI is InChI=1S/C13H16BrFN2OS/c1-7(18)8-4-5-17(6-8)10-3-2-9(13(16)19)11(14)12(10)15/h2-3,7-8,18H,4-6H2,1H3,(H2,16,19). The number of nitrogens with two attached hydrogens (primary N) is 1. The lowest BCUT2D eigenvalue weighted by Gasteiger charge is -2.21. The molecule has 2 atom stereocenters. The van der Waals surface area contributed by atoms with Gasteiger partial charge in [0.1, 0.15) is 4.99 Å². The van der Waals surface area contributed by atoms with Crippen LogP contribution in [0, 0.1) is 11.7 Å². The number of nitrogens with zero attached hydrogens (tertiary/aromatic N) is 1. The van der Waals surface area contributed by atoms with E-state index in [-0.39, 0.29) is 22.8 Å². The highest BCUT2D eigenvalue weighted by atomic mass is 79.9. The van der Waals surface area contributed by atoms with E-state index in [0.29, 0.717) is 22.3 Å². The van der Waals surface area contributed by atoms with Crippen LogP contribution in [0.15, 0.2) is 16.6 Å². The van der Waals surface area contributed by atoms with Crippen molar-refractivity contribution < 1.29 is 9.50 Å². The number of anilines is 1. The highest BCUT2D eigenvalue weighted by Crippen LogP contribution is 2.33. The molecular weight excluding hydrogens is 331 g/mol. The zero-order valence-electron chi connectivity index (χ0n) is 10.6. The van der Waals surface area contributed by atoms with Gasteiger partial charge in [-0.2, -0.15) is 0 Å². The first-order valence-electron chi connectivity index (χ1n) is 6.12. The number of rotatable bonds is 3. The Bertz CT molecular complexity index is 510. The van der Waals surface area contributed by atoms with E-state index in [1.54, 1.807) is 19.1 Å². The van der Waals surface area contributed by atoms with Crippen molar-refractivity contribution in [1.82, 2.24) is 0 Å². The molecule has 0 aromatic heterocycles. The van der Waals surface area contributed by atoms with Crippen molar-refractivity contribution in [1.29, 1.82) is 0 Å². The van der Waals surface area contributed by atoms with Gasteiger partial charge in [0.05, 0.1) is 16.3 Å². The maximum Gasteiger partial charge on any atom is 0.161 e. The Morgan fingerprint density at radius 2 is 2.32 bits per heavy atom. The summed E-state index contributed by atoms with van der Waals surface area (Å²) in [6.07, 6.45) is 0.499. The predicted octanol–water partition coefficient (Wildman–Crippen LogP) is 2.43. The number of hydrogen-bond donors (Lipinski definition) is 2. The number of hydrogen-bond acceptors (Lipinski definition) is 3. The van der Waals surface area contributed by atoms with Crippen molar-refractivity contribution in [3.63, 3.8) is 0 Å². The molecule has 0 radical (unpaired) electrons. The van der Waals surface area contributed by atoms with E-state index in [4.69, 9.17) is 18.0 Å².